The zero-order valence-corrected chi connectivity index (χ0v) is 16.2. The van der Waals surface area contributed by atoms with Crippen LogP contribution >= 0.6 is 11.8 Å². The molecule has 0 saturated heterocycles. The van der Waals surface area contributed by atoms with Gasteiger partial charge in [-0.1, -0.05) is 47.7 Å². The molecule has 0 spiro atoms. The van der Waals surface area contributed by atoms with Gasteiger partial charge >= 0.3 is 0 Å². The van der Waals surface area contributed by atoms with Gasteiger partial charge in [-0.25, -0.2) is 0 Å². The van der Waals surface area contributed by atoms with Gasteiger partial charge in [0.2, 0.25) is 5.16 Å². The highest BCUT2D eigenvalue weighted by Gasteiger charge is 2.18. The van der Waals surface area contributed by atoms with Crippen LogP contribution in [-0.4, -0.2) is 36.7 Å². The molecule has 0 atom stereocenters. The molecular formula is C20H19N5OS. The molecule has 0 aliphatic heterocycles. The molecule has 27 heavy (non-hydrogen) atoms. The normalized spacial score (nSPS) is 11.2. The first-order valence-corrected chi connectivity index (χ1v) is 9.62. The number of tetrazole rings is 1. The first kappa shape index (κ1) is 17.5. The largest absolute Gasteiger partial charge is 0.358 e. The molecule has 0 aliphatic carbocycles. The predicted molar refractivity (Wildman–Crippen MR) is 107 cm³/mol. The quantitative estimate of drug-likeness (QED) is 0.419. The van der Waals surface area contributed by atoms with Gasteiger partial charge in [-0.05, 0) is 48.9 Å². The lowest BCUT2D eigenvalue weighted by atomic mass is 10.1. The second-order valence-electron chi connectivity index (χ2n) is 6.55. The first-order valence-electron chi connectivity index (χ1n) is 8.64. The molecule has 4 aromatic rings. The molecule has 7 heteroatoms. The van der Waals surface area contributed by atoms with Crippen molar-refractivity contribution in [2.45, 2.75) is 25.9 Å². The summed E-state index contributed by atoms with van der Waals surface area (Å²) in [6, 6.07) is 14.0. The number of nitrogens with zero attached hydrogens (tertiary/aromatic N) is 4. The van der Waals surface area contributed by atoms with Crippen LogP contribution in [-0.2, 0) is 0 Å². The Kier molecular flexibility index (Phi) is 4.53. The lowest BCUT2D eigenvalue weighted by Gasteiger charge is -2.08. The number of aromatic amines is 1. The number of para-hydroxylation sites is 1. The van der Waals surface area contributed by atoms with Crippen LogP contribution in [0.5, 0.6) is 0 Å². The van der Waals surface area contributed by atoms with Crippen molar-refractivity contribution in [2.75, 3.05) is 5.75 Å². The fourth-order valence-corrected chi connectivity index (χ4v) is 4.06. The van der Waals surface area contributed by atoms with Crippen molar-refractivity contribution < 1.29 is 4.79 Å². The third-order valence-electron chi connectivity index (χ3n) is 4.53. The topological polar surface area (TPSA) is 76.5 Å². The molecule has 0 unspecified atom stereocenters. The molecular weight excluding hydrogens is 358 g/mol. The van der Waals surface area contributed by atoms with E-state index in [1.165, 1.54) is 17.3 Å². The van der Waals surface area contributed by atoms with E-state index >= 15 is 0 Å². The first-order chi connectivity index (χ1) is 13.0. The number of H-pyrrole nitrogens is 1. The van der Waals surface area contributed by atoms with Gasteiger partial charge in [0.15, 0.2) is 5.78 Å². The van der Waals surface area contributed by atoms with Crippen LogP contribution in [0.4, 0.5) is 0 Å². The highest BCUT2D eigenvalue weighted by atomic mass is 32.2. The Hall–Kier alpha value is -2.93. The molecule has 6 nitrogen and oxygen atoms in total. The van der Waals surface area contributed by atoms with Gasteiger partial charge in [-0.15, -0.1) is 5.10 Å². The number of ketones is 1. The van der Waals surface area contributed by atoms with Crippen LogP contribution in [0.3, 0.4) is 0 Å². The maximum absolute atomic E-state index is 12.9. The van der Waals surface area contributed by atoms with E-state index in [1.54, 1.807) is 4.68 Å². The molecule has 2 aromatic carbocycles. The second kappa shape index (κ2) is 7.00. The van der Waals surface area contributed by atoms with Crippen molar-refractivity contribution in [1.29, 1.82) is 0 Å². The molecule has 1 N–H and O–H groups in total. The van der Waals surface area contributed by atoms with E-state index in [9.17, 15) is 4.79 Å². The number of benzene rings is 2. The highest BCUT2D eigenvalue weighted by molar-refractivity contribution is 7.99. The monoisotopic (exact) mass is 377 g/mol. The van der Waals surface area contributed by atoms with Crippen LogP contribution in [0.2, 0.25) is 0 Å². The summed E-state index contributed by atoms with van der Waals surface area (Å²) >= 11 is 1.35. The van der Waals surface area contributed by atoms with Crippen LogP contribution in [0.25, 0.3) is 16.6 Å². The van der Waals surface area contributed by atoms with Gasteiger partial charge in [0, 0.05) is 22.2 Å². The van der Waals surface area contributed by atoms with Crippen LogP contribution in [0, 0.1) is 20.8 Å². The molecule has 136 valence electrons. The average molecular weight is 377 g/mol. The summed E-state index contributed by atoms with van der Waals surface area (Å²) in [5, 5.41) is 13.6. The average Bonchev–Trinajstić information content (AvgIpc) is 3.23. The predicted octanol–water partition coefficient (Wildman–Crippen LogP) is 4.04. The fourth-order valence-electron chi connectivity index (χ4n) is 3.30. The lowest BCUT2D eigenvalue weighted by Crippen LogP contribution is -2.06. The Morgan fingerprint density at radius 3 is 2.78 bits per heavy atom. The van der Waals surface area contributed by atoms with Gasteiger partial charge in [-0.2, -0.15) is 4.68 Å². The Morgan fingerprint density at radius 1 is 1.15 bits per heavy atom. The van der Waals surface area contributed by atoms with Crippen molar-refractivity contribution in [2.24, 2.45) is 0 Å². The fraction of sp³-hybridized carbons (Fsp3) is 0.200. The molecule has 2 aromatic heterocycles. The van der Waals surface area contributed by atoms with E-state index in [4.69, 9.17) is 0 Å². The SMILES string of the molecule is Cc1ccc(-n2nnnc2SCC(=O)c2c(C)[nH]c3ccccc23)c(C)c1. The van der Waals surface area contributed by atoms with Crippen molar-refractivity contribution in [3.05, 3.63) is 64.8 Å². The van der Waals surface area contributed by atoms with Crippen LogP contribution in [0.15, 0.2) is 47.6 Å². The maximum atomic E-state index is 12.9. The number of fused-ring (bicyclic) bond motifs is 1. The molecule has 0 radical (unpaired) electrons. The summed E-state index contributed by atoms with van der Waals surface area (Å²) in [6.07, 6.45) is 0. The number of Topliss-reactive ketones (excluding diaryl/α,β-unsaturated/α-hetero) is 1. The van der Waals surface area contributed by atoms with E-state index in [-0.39, 0.29) is 11.5 Å². The van der Waals surface area contributed by atoms with Gasteiger partial charge in [0.1, 0.15) is 0 Å². The number of aromatic nitrogens is 5. The number of carbonyl (C=O) groups is 1. The number of rotatable bonds is 5. The minimum Gasteiger partial charge on any atom is -0.358 e. The zero-order chi connectivity index (χ0) is 19.0. The lowest BCUT2D eigenvalue weighted by molar-refractivity contribution is 0.102. The van der Waals surface area contributed by atoms with Crippen molar-refractivity contribution in [3.8, 4) is 5.69 Å². The Balaban J connectivity index is 1.59. The number of nitrogens with one attached hydrogen (secondary N) is 1. The summed E-state index contributed by atoms with van der Waals surface area (Å²) in [6.45, 7) is 6.00. The van der Waals surface area contributed by atoms with E-state index in [0.717, 1.165) is 33.4 Å². The minimum atomic E-state index is 0.0603. The number of hydrogen-bond acceptors (Lipinski definition) is 5. The number of hydrogen-bond donors (Lipinski definition) is 1. The molecule has 0 fully saturated rings. The molecule has 0 aliphatic rings. The molecule has 4 rings (SSSR count). The minimum absolute atomic E-state index is 0.0603. The Bertz CT molecular complexity index is 1140. The number of aryl methyl sites for hydroxylation is 3. The number of carbonyl (C=O) groups excluding carboxylic acids is 1. The highest BCUT2D eigenvalue weighted by Crippen LogP contribution is 2.26. The van der Waals surface area contributed by atoms with Gasteiger partial charge < -0.3 is 4.98 Å². The molecule has 0 amide bonds. The molecule has 2 heterocycles. The summed E-state index contributed by atoms with van der Waals surface area (Å²) < 4.78 is 1.69. The second-order valence-corrected chi connectivity index (χ2v) is 7.49. The smallest absolute Gasteiger partial charge is 0.214 e. The van der Waals surface area contributed by atoms with E-state index in [0.29, 0.717) is 5.16 Å². The van der Waals surface area contributed by atoms with Crippen LogP contribution < -0.4 is 0 Å². The third-order valence-corrected chi connectivity index (χ3v) is 5.45. The van der Waals surface area contributed by atoms with Gasteiger partial charge in [0.25, 0.3) is 0 Å². The summed E-state index contributed by atoms with van der Waals surface area (Å²) in [5.74, 6) is 0.332. The Labute approximate surface area is 161 Å². The van der Waals surface area contributed by atoms with Crippen molar-refractivity contribution >= 4 is 28.4 Å². The van der Waals surface area contributed by atoms with Crippen LogP contribution in [0.1, 0.15) is 27.2 Å². The van der Waals surface area contributed by atoms with Crippen molar-refractivity contribution in [1.82, 2.24) is 25.2 Å². The maximum Gasteiger partial charge on any atom is 0.214 e. The summed E-state index contributed by atoms with van der Waals surface area (Å²) in [7, 11) is 0. The molecule has 0 saturated carbocycles. The van der Waals surface area contributed by atoms with E-state index in [1.807, 2.05) is 57.2 Å². The van der Waals surface area contributed by atoms with Gasteiger partial charge in [-0.3, -0.25) is 4.79 Å². The third kappa shape index (κ3) is 3.26. The summed E-state index contributed by atoms with van der Waals surface area (Å²) in [4.78, 5) is 16.2. The zero-order valence-electron chi connectivity index (χ0n) is 15.4. The molecule has 0 bridgehead atoms. The van der Waals surface area contributed by atoms with Crippen molar-refractivity contribution in [3.63, 3.8) is 0 Å². The summed E-state index contributed by atoms with van der Waals surface area (Å²) in [5.41, 5.74) is 5.79. The van der Waals surface area contributed by atoms with E-state index < -0.39 is 0 Å². The Morgan fingerprint density at radius 2 is 1.96 bits per heavy atom. The van der Waals surface area contributed by atoms with Gasteiger partial charge in [0.05, 0.1) is 11.4 Å². The standard InChI is InChI=1S/C20H19N5OS/c1-12-8-9-17(13(2)10-12)25-20(22-23-24-25)27-11-18(26)19-14(3)21-16-7-5-4-6-15(16)19/h4-10,21H,11H2,1-3H3. The van der Waals surface area contributed by atoms with E-state index in [2.05, 4.69) is 26.6 Å². The number of thioether (sulfide) groups is 1.